The standard InChI is InChI=1S/C14H19NO3S/c1-11(2)12(3)15-19(17,18)14-9-5-4-7-13(14)8-6-10-16/h4-5,7,9,11-12,15-16H,10H2,1-3H3. The number of aliphatic hydroxyl groups excluding tert-OH is 1. The minimum absolute atomic E-state index is 0.142. The van der Waals surface area contributed by atoms with Gasteiger partial charge in [0.25, 0.3) is 0 Å². The molecule has 2 N–H and O–H groups in total. The van der Waals surface area contributed by atoms with Crippen LogP contribution in [0.4, 0.5) is 0 Å². The summed E-state index contributed by atoms with van der Waals surface area (Å²) in [6.45, 7) is 5.42. The van der Waals surface area contributed by atoms with E-state index in [1.165, 1.54) is 6.07 Å². The van der Waals surface area contributed by atoms with Gasteiger partial charge in [-0.2, -0.15) is 0 Å². The molecule has 0 aliphatic carbocycles. The zero-order valence-corrected chi connectivity index (χ0v) is 12.2. The first kappa shape index (κ1) is 15.7. The van der Waals surface area contributed by atoms with E-state index in [2.05, 4.69) is 16.6 Å². The van der Waals surface area contributed by atoms with Gasteiger partial charge in [-0.05, 0) is 25.0 Å². The molecule has 0 spiro atoms. The van der Waals surface area contributed by atoms with Crippen LogP contribution in [0.25, 0.3) is 0 Å². The SMILES string of the molecule is CC(C)C(C)NS(=O)(=O)c1ccccc1C#CCO. The van der Waals surface area contributed by atoms with Crippen molar-refractivity contribution in [1.82, 2.24) is 4.72 Å². The van der Waals surface area contributed by atoms with E-state index < -0.39 is 10.0 Å². The molecule has 0 saturated heterocycles. The zero-order chi connectivity index (χ0) is 14.5. The Balaban J connectivity index is 3.15. The van der Waals surface area contributed by atoms with E-state index in [1.54, 1.807) is 18.2 Å². The summed E-state index contributed by atoms with van der Waals surface area (Å²) in [5.74, 6) is 5.32. The molecule has 4 nitrogen and oxygen atoms in total. The molecule has 0 saturated carbocycles. The van der Waals surface area contributed by atoms with Crippen molar-refractivity contribution in [3.8, 4) is 11.8 Å². The van der Waals surface area contributed by atoms with Gasteiger partial charge < -0.3 is 5.11 Å². The summed E-state index contributed by atoms with van der Waals surface area (Å²) in [6.07, 6.45) is 0. The predicted octanol–water partition coefficient (Wildman–Crippen LogP) is 1.35. The molecule has 0 aromatic heterocycles. The molecule has 1 aromatic carbocycles. The van der Waals surface area contributed by atoms with Crippen LogP contribution in [-0.4, -0.2) is 26.2 Å². The van der Waals surface area contributed by atoms with Gasteiger partial charge in [0.2, 0.25) is 10.0 Å². The summed E-state index contributed by atoms with van der Waals surface area (Å²) in [6, 6.07) is 6.34. The number of nitrogens with one attached hydrogen (secondary N) is 1. The summed E-state index contributed by atoms with van der Waals surface area (Å²) >= 11 is 0. The van der Waals surface area contributed by atoms with E-state index in [9.17, 15) is 8.42 Å². The fourth-order valence-electron chi connectivity index (χ4n) is 1.38. The molecule has 104 valence electrons. The molecule has 1 unspecified atom stereocenters. The van der Waals surface area contributed by atoms with Crippen LogP contribution in [0, 0.1) is 17.8 Å². The normalized spacial score (nSPS) is 12.9. The van der Waals surface area contributed by atoms with Crippen molar-refractivity contribution in [3.05, 3.63) is 29.8 Å². The van der Waals surface area contributed by atoms with E-state index in [0.29, 0.717) is 5.56 Å². The molecule has 0 radical (unpaired) electrons. The van der Waals surface area contributed by atoms with Crippen LogP contribution in [0.5, 0.6) is 0 Å². The third-order valence-corrected chi connectivity index (χ3v) is 4.44. The third kappa shape index (κ3) is 4.35. The summed E-state index contributed by atoms with van der Waals surface area (Å²) in [7, 11) is -3.60. The Hall–Kier alpha value is -1.35. The minimum atomic E-state index is -3.60. The monoisotopic (exact) mass is 281 g/mol. The molecule has 19 heavy (non-hydrogen) atoms. The Bertz CT molecular complexity index is 582. The number of sulfonamides is 1. The van der Waals surface area contributed by atoms with Gasteiger partial charge in [0.05, 0.1) is 4.90 Å². The van der Waals surface area contributed by atoms with Crippen molar-refractivity contribution < 1.29 is 13.5 Å². The van der Waals surface area contributed by atoms with Crippen LogP contribution in [0.1, 0.15) is 26.3 Å². The van der Waals surface area contributed by atoms with Gasteiger partial charge in [-0.1, -0.05) is 37.8 Å². The number of hydrogen-bond acceptors (Lipinski definition) is 3. The highest BCUT2D eigenvalue weighted by Crippen LogP contribution is 2.16. The van der Waals surface area contributed by atoms with Crippen LogP contribution in [0.3, 0.4) is 0 Å². The maximum Gasteiger partial charge on any atom is 0.242 e. The number of benzene rings is 1. The molecule has 0 aliphatic heterocycles. The lowest BCUT2D eigenvalue weighted by Gasteiger charge is -2.18. The van der Waals surface area contributed by atoms with Crippen molar-refractivity contribution in [2.45, 2.75) is 31.7 Å². The van der Waals surface area contributed by atoms with Gasteiger partial charge >= 0.3 is 0 Å². The van der Waals surface area contributed by atoms with Crippen molar-refractivity contribution >= 4 is 10.0 Å². The quantitative estimate of drug-likeness (QED) is 0.819. The molecule has 0 bridgehead atoms. The molecule has 1 rings (SSSR count). The topological polar surface area (TPSA) is 66.4 Å². The van der Waals surface area contributed by atoms with Crippen molar-refractivity contribution in [2.24, 2.45) is 5.92 Å². The second kappa shape index (κ2) is 6.71. The molecular weight excluding hydrogens is 262 g/mol. The second-order valence-corrected chi connectivity index (χ2v) is 6.29. The van der Waals surface area contributed by atoms with E-state index in [-0.39, 0.29) is 23.5 Å². The lowest BCUT2D eigenvalue weighted by molar-refractivity contribution is 0.350. The average Bonchev–Trinajstić information content (AvgIpc) is 2.36. The zero-order valence-electron chi connectivity index (χ0n) is 11.3. The smallest absolute Gasteiger partial charge is 0.242 e. The maximum atomic E-state index is 12.3. The fraction of sp³-hybridized carbons (Fsp3) is 0.429. The minimum Gasteiger partial charge on any atom is -0.384 e. The molecule has 1 atom stereocenters. The van der Waals surface area contributed by atoms with E-state index >= 15 is 0 Å². The number of hydrogen-bond donors (Lipinski definition) is 2. The molecule has 5 heteroatoms. The first-order chi connectivity index (χ1) is 8.88. The molecular formula is C14H19NO3S. The number of aliphatic hydroxyl groups is 1. The van der Waals surface area contributed by atoms with Gasteiger partial charge in [-0.3, -0.25) is 0 Å². The fourth-order valence-corrected chi connectivity index (χ4v) is 2.94. The highest BCUT2D eigenvalue weighted by atomic mass is 32.2. The average molecular weight is 281 g/mol. The Kier molecular flexibility index (Phi) is 5.55. The molecule has 0 aliphatic rings. The third-order valence-electron chi connectivity index (χ3n) is 2.82. The highest BCUT2D eigenvalue weighted by Gasteiger charge is 2.21. The molecule has 0 fully saturated rings. The van der Waals surface area contributed by atoms with Crippen LogP contribution >= 0.6 is 0 Å². The summed E-state index contributed by atoms with van der Waals surface area (Å²) in [4.78, 5) is 0.142. The van der Waals surface area contributed by atoms with Crippen LogP contribution < -0.4 is 4.72 Å². The van der Waals surface area contributed by atoms with Crippen molar-refractivity contribution in [1.29, 1.82) is 0 Å². The summed E-state index contributed by atoms with van der Waals surface area (Å²) < 4.78 is 27.2. The predicted molar refractivity (Wildman–Crippen MR) is 75.0 cm³/mol. The van der Waals surface area contributed by atoms with E-state index in [0.717, 1.165) is 0 Å². The molecule has 1 aromatic rings. The maximum absolute atomic E-state index is 12.3. The van der Waals surface area contributed by atoms with Crippen LogP contribution in [0.2, 0.25) is 0 Å². The van der Waals surface area contributed by atoms with E-state index in [4.69, 9.17) is 5.11 Å². The first-order valence-electron chi connectivity index (χ1n) is 6.09. The Labute approximate surface area is 114 Å². The lowest BCUT2D eigenvalue weighted by Crippen LogP contribution is -2.36. The first-order valence-corrected chi connectivity index (χ1v) is 7.58. The second-order valence-electron chi connectivity index (χ2n) is 4.61. The summed E-state index contributed by atoms with van der Waals surface area (Å²) in [5.41, 5.74) is 0.389. The van der Waals surface area contributed by atoms with Crippen LogP contribution in [0.15, 0.2) is 29.2 Å². The van der Waals surface area contributed by atoms with Gasteiger partial charge in [-0.25, -0.2) is 13.1 Å². The molecule has 0 amide bonds. The number of rotatable bonds is 4. The largest absolute Gasteiger partial charge is 0.384 e. The van der Waals surface area contributed by atoms with Crippen LogP contribution in [-0.2, 0) is 10.0 Å². The van der Waals surface area contributed by atoms with Gasteiger partial charge in [-0.15, -0.1) is 0 Å². The highest BCUT2D eigenvalue weighted by molar-refractivity contribution is 7.89. The molecule has 0 heterocycles. The Morgan fingerprint density at radius 2 is 1.89 bits per heavy atom. The lowest BCUT2D eigenvalue weighted by atomic mass is 10.1. The Morgan fingerprint density at radius 1 is 1.26 bits per heavy atom. The van der Waals surface area contributed by atoms with Crippen molar-refractivity contribution in [2.75, 3.05) is 6.61 Å². The van der Waals surface area contributed by atoms with Gasteiger partial charge in [0.1, 0.15) is 6.61 Å². The van der Waals surface area contributed by atoms with Crippen molar-refractivity contribution in [3.63, 3.8) is 0 Å². The van der Waals surface area contributed by atoms with Gasteiger partial charge in [0.15, 0.2) is 0 Å². The van der Waals surface area contributed by atoms with E-state index in [1.807, 2.05) is 20.8 Å². The summed E-state index contributed by atoms with van der Waals surface area (Å²) in [5, 5.41) is 8.70. The van der Waals surface area contributed by atoms with Gasteiger partial charge in [0, 0.05) is 11.6 Å². The Morgan fingerprint density at radius 3 is 2.47 bits per heavy atom.